The van der Waals surface area contributed by atoms with E-state index in [-0.39, 0.29) is 5.56 Å². The molecular weight excluding hydrogens is 455 g/mol. The molecule has 0 unspecified atom stereocenters. The maximum atomic E-state index is 13.4. The normalized spacial score (nSPS) is 10.8. The fraction of sp³-hybridized carbons (Fsp3) is 0. The molecule has 0 saturated heterocycles. The maximum absolute atomic E-state index is 13.4. The van der Waals surface area contributed by atoms with Gasteiger partial charge in [0, 0.05) is 11.3 Å². The van der Waals surface area contributed by atoms with Crippen molar-refractivity contribution in [2.75, 3.05) is 11.1 Å². The summed E-state index contributed by atoms with van der Waals surface area (Å²) >= 11 is -2.68. The molecular formula is C13H7F5N2OS5. The van der Waals surface area contributed by atoms with Gasteiger partial charge in [0.25, 0.3) is 5.91 Å². The summed E-state index contributed by atoms with van der Waals surface area (Å²) in [7, 11) is 0. The molecule has 0 atom stereocenters. The number of hydrogen-bond donors (Lipinski definition) is 2. The zero-order valence-corrected chi connectivity index (χ0v) is 16.3. The SMILES string of the molecule is Nc1ccc(C(=O)Nc2c(SF)c(SF)c(SF)c(SF)c2SF)cc1. The van der Waals surface area contributed by atoms with E-state index in [1.54, 1.807) is 0 Å². The summed E-state index contributed by atoms with van der Waals surface area (Å²) in [5.41, 5.74) is 5.50. The van der Waals surface area contributed by atoms with Crippen LogP contribution in [0, 0.1) is 0 Å². The number of carbonyl (C=O) groups is 1. The molecule has 26 heavy (non-hydrogen) atoms. The average molecular weight is 463 g/mol. The van der Waals surface area contributed by atoms with Crippen molar-refractivity contribution in [3.8, 4) is 0 Å². The molecule has 13 heteroatoms. The van der Waals surface area contributed by atoms with E-state index in [0.29, 0.717) is 5.69 Å². The van der Waals surface area contributed by atoms with Gasteiger partial charge in [0.05, 0.1) is 90.9 Å². The van der Waals surface area contributed by atoms with Crippen LogP contribution in [0.4, 0.5) is 30.8 Å². The van der Waals surface area contributed by atoms with E-state index in [1.165, 1.54) is 24.3 Å². The molecule has 0 radical (unpaired) electrons. The largest absolute Gasteiger partial charge is 0.399 e. The molecule has 0 aliphatic rings. The molecule has 0 heterocycles. The van der Waals surface area contributed by atoms with Crippen molar-refractivity contribution in [2.45, 2.75) is 24.5 Å². The van der Waals surface area contributed by atoms with Gasteiger partial charge in [0.1, 0.15) is 0 Å². The van der Waals surface area contributed by atoms with Gasteiger partial charge in [-0.3, -0.25) is 4.79 Å². The summed E-state index contributed by atoms with van der Waals surface area (Å²) in [6, 6.07) is 5.57. The van der Waals surface area contributed by atoms with Crippen molar-refractivity contribution in [1.29, 1.82) is 0 Å². The lowest BCUT2D eigenvalue weighted by Crippen LogP contribution is -2.14. The fourth-order valence-corrected chi connectivity index (χ4v) is 4.78. The number of hydrogen-bond acceptors (Lipinski definition) is 7. The molecule has 0 saturated carbocycles. The topological polar surface area (TPSA) is 55.1 Å². The molecule has 3 nitrogen and oxygen atoms in total. The van der Waals surface area contributed by atoms with Gasteiger partial charge < -0.3 is 11.1 Å². The van der Waals surface area contributed by atoms with Gasteiger partial charge in [0.2, 0.25) is 0 Å². The van der Waals surface area contributed by atoms with Crippen LogP contribution in [0.25, 0.3) is 0 Å². The summed E-state index contributed by atoms with van der Waals surface area (Å²) in [4.78, 5) is 9.36. The molecule has 0 aromatic heterocycles. The Morgan fingerprint density at radius 2 is 1.12 bits per heavy atom. The van der Waals surface area contributed by atoms with Crippen LogP contribution in [-0.4, -0.2) is 5.91 Å². The molecule has 140 valence electrons. The second kappa shape index (κ2) is 9.88. The third-order valence-electron chi connectivity index (χ3n) is 3.08. The molecule has 0 spiro atoms. The van der Waals surface area contributed by atoms with Crippen LogP contribution in [0.3, 0.4) is 0 Å². The zero-order chi connectivity index (χ0) is 19.3. The standard InChI is InChI=1S/C13H7F5N2OS5/c14-22-8-7(20-13(21)5-1-3-6(19)4-2-5)9(23-15)11(25-17)12(26-18)10(8)24-16/h1-4H,19H2,(H,20,21). The van der Waals surface area contributed by atoms with E-state index >= 15 is 0 Å². The van der Waals surface area contributed by atoms with Crippen LogP contribution in [0.15, 0.2) is 48.7 Å². The zero-order valence-electron chi connectivity index (χ0n) is 12.2. The summed E-state index contributed by atoms with van der Waals surface area (Å²) < 4.78 is 66.5. The van der Waals surface area contributed by atoms with Crippen LogP contribution in [-0.2, 0) is 0 Å². The van der Waals surface area contributed by atoms with E-state index < -0.39 is 96.8 Å². The molecule has 2 aromatic rings. The number of amides is 1. The highest BCUT2D eigenvalue weighted by atomic mass is 32.2. The minimum atomic E-state index is -0.791. The minimum Gasteiger partial charge on any atom is -0.399 e. The molecule has 0 fully saturated rings. The van der Waals surface area contributed by atoms with Gasteiger partial charge in [-0.15, -0.1) is 0 Å². The highest BCUT2D eigenvalue weighted by Gasteiger charge is 2.29. The Kier molecular flexibility index (Phi) is 8.13. The highest BCUT2D eigenvalue weighted by molar-refractivity contribution is 8.00. The Labute approximate surface area is 167 Å². The fourth-order valence-electron chi connectivity index (χ4n) is 1.93. The van der Waals surface area contributed by atoms with Crippen LogP contribution in [0.1, 0.15) is 10.4 Å². The molecule has 0 aliphatic carbocycles. The first-order chi connectivity index (χ1) is 12.5. The second-order valence-corrected chi connectivity index (χ2v) is 7.30. The van der Waals surface area contributed by atoms with Crippen molar-refractivity contribution in [2.24, 2.45) is 0 Å². The Hall–Kier alpha value is -0.890. The van der Waals surface area contributed by atoms with Gasteiger partial charge in [0.15, 0.2) is 0 Å². The van der Waals surface area contributed by atoms with Crippen molar-refractivity contribution in [3.05, 3.63) is 29.8 Å². The van der Waals surface area contributed by atoms with E-state index in [0.717, 1.165) is 0 Å². The molecule has 2 rings (SSSR count). The second-order valence-electron chi connectivity index (χ2n) is 4.48. The van der Waals surface area contributed by atoms with Crippen LogP contribution < -0.4 is 11.1 Å². The van der Waals surface area contributed by atoms with E-state index in [2.05, 4.69) is 5.32 Å². The van der Waals surface area contributed by atoms with Crippen molar-refractivity contribution >= 4 is 78.0 Å². The van der Waals surface area contributed by atoms with Crippen LogP contribution in [0.2, 0.25) is 0 Å². The number of nitrogen functional groups attached to an aromatic ring is 1. The number of carbonyl (C=O) groups excluding carboxylic acids is 1. The lowest BCUT2D eigenvalue weighted by molar-refractivity contribution is 0.102. The number of benzene rings is 2. The average Bonchev–Trinajstić information content (AvgIpc) is 2.66. The summed E-state index contributed by atoms with van der Waals surface area (Å²) in [6.07, 6.45) is 0. The van der Waals surface area contributed by atoms with Crippen LogP contribution in [0.5, 0.6) is 0 Å². The quantitative estimate of drug-likeness (QED) is 0.328. The summed E-state index contributed by atoms with van der Waals surface area (Å²) in [5.74, 6) is -0.791. The lowest BCUT2D eigenvalue weighted by atomic mass is 10.2. The van der Waals surface area contributed by atoms with Crippen molar-refractivity contribution in [1.82, 2.24) is 0 Å². The number of rotatable bonds is 7. The highest BCUT2D eigenvalue weighted by Crippen LogP contribution is 2.54. The maximum Gasteiger partial charge on any atom is 0.255 e. The predicted molar refractivity (Wildman–Crippen MR) is 100 cm³/mol. The van der Waals surface area contributed by atoms with Crippen LogP contribution >= 0.6 is 60.7 Å². The molecule has 3 N–H and O–H groups in total. The smallest absolute Gasteiger partial charge is 0.255 e. The van der Waals surface area contributed by atoms with Gasteiger partial charge in [-0.1, -0.05) is 0 Å². The van der Waals surface area contributed by atoms with Gasteiger partial charge in [-0.25, -0.2) is 0 Å². The third-order valence-corrected chi connectivity index (χ3v) is 6.41. The Morgan fingerprint density at radius 3 is 1.50 bits per heavy atom. The Bertz CT molecular complexity index is 775. The number of nitrogens with one attached hydrogen (secondary N) is 1. The van der Waals surface area contributed by atoms with Gasteiger partial charge in [-0.2, -0.15) is 19.4 Å². The van der Waals surface area contributed by atoms with E-state index in [4.69, 9.17) is 5.73 Å². The third kappa shape index (κ3) is 4.32. The summed E-state index contributed by atoms with van der Waals surface area (Å²) in [6.45, 7) is 0. The Morgan fingerprint density at radius 1 is 0.731 bits per heavy atom. The van der Waals surface area contributed by atoms with Crippen molar-refractivity contribution in [3.63, 3.8) is 0 Å². The number of nitrogens with two attached hydrogens (primary N) is 1. The first-order valence-corrected chi connectivity index (χ1v) is 9.94. The van der Waals surface area contributed by atoms with E-state index in [1.807, 2.05) is 0 Å². The van der Waals surface area contributed by atoms with Crippen molar-refractivity contribution < 1.29 is 24.2 Å². The van der Waals surface area contributed by atoms with Gasteiger partial charge in [-0.05, 0) is 24.3 Å². The predicted octanol–water partition coefficient (Wildman–Crippen LogP) is 7.40. The minimum absolute atomic E-state index is 0.0941. The Balaban J connectivity index is 2.62. The number of halogens is 5. The molecule has 0 aliphatic heterocycles. The first-order valence-electron chi connectivity index (χ1n) is 6.36. The number of anilines is 2. The monoisotopic (exact) mass is 462 g/mol. The molecule has 0 bridgehead atoms. The lowest BCUT2D eigenvalue weighted by Gasteiger charge is -2.18. The molecule has 2 aromatic carbocycles. The summed E-state index contributed by atoms with van der Waals surface area (Å²) in [5, 5.41) is 2.22. The first kappa shape index (κ1) is 21.4. The van der Waals surface area contributed by atoms with Gasteiger partial charge >= 0.3 is 0 Å². The van der Waals surface area contributed by atoms with E-state index in [9.17, 15) is 24.2 Å². The molecule has 1 amide bonds.